The third-order valence-electron chi connectivity index (χ3n) is 3.51. The number of amides is 1. The number of para-hydroxylation sites is 1. The van der Waals surface area contributed by atoms with Crippen LogP contribution in [0.15, 0.2) is 18.2 Å². The normalized spacial score (nSPS) is 16.3. The van der Waals surface area contributed by atoms with Crippen LogP contribution in [0, 0.1) is 0 Å². The van der Waals surface area contributed by atoms with Crippen molar-refractivity contribution in [3.63, 3.8) is 0 Å². The molecule has 0 aromatic heterocycles. The van der Waals surface area contributed by atoms with E-state index in [0.717, 1.165) is 5.56 Å². The summed E-state index contributed by atoms with van der Waals surface area (Å²) in [4.78, 5) is 23.6. The average molecular weight is 321 g/mol. The molecule has 1 atom stereocenters. The molecule has 1 aromatic carbocycles. The lowest BCUT2D eigenvalue weighted by atomic mass is 9.71. The molecule has 1 amide bonds. The number of hydrogen-bond donors (Lipinski definition) is 2. The predicted octanol–water partition coefficient (Wildman–Crippen LogP) is 0.687. The SMILES string of the molecule is CCOB1Oc2c(cccc2C(=O)OCO)C[C@@H]1NC(=O)CC. The Bertz CT molecular complexity index is 579. The largest absolute Gasteiger partial charge is 0.549 e. The Hall–Kier alpha value is -2.06. The van der Waals surface area contributed by atoms with Gasteiger partial charge in [-0.3, -0.25) is 4.79 Å². The van der Waals surface area contributed by atoms with Crippen molar-refractivity contribution in [1.29, 1.82) is 0 Å². The molecule has 7 nitrogen and oxygen atoms in total. The summed E-state index contributed by atoms with van der Waals surface area (Å²) in [6, 6.07) is 5.08. The van der Waals surface area contributed by atoms with Gasteiger partial charge in [-0.2, -0.15) is 0 Å². The molecule has 23 heavy (non-hydrogen) atoms. The average Bonchev–Trinajstić information content (AvgIpc) is 2.55. The van der Waals surface area contributed by atoms with Crippen LogP contribution in [0.25, 0.3) is 0 Å². The summed E-state index contributed by atoms with van der Waals surface area (Å²) in [5.41, 5.74) is 0.997. The maximum Gasteiger partial charge on any atom is 0.549 e. The molecule has 8 heteroatoms. The second kappa shape index (κ2) is 7.98. The maximum atomic E-state index is 11.9. The van der Waals surface area contributed by atoms with Gasteiger partial charge in [0.25, 0.3) is 0 Å². The summed E-state index contributed by atoms with van der Waals surface area (Å²) in [7, 11) is -0.689. The molecule has 1 heterocycles. The van der Waals surface area contributed by atoms with Crippen molar-refractivity contribution in [2.75, 3.05) is 13.4 Å². The first-order valence-electron chi connectivity index (χ1n) is 7.58. The van der Waals surface area contributed by atoms with E-state index in [4.69, 9.17) is 14.4 Å². The number of benzene rings is 1. The molecule has 0 unspecified atom stereocenters. The van der Waals surface area contributed by atoms with E-state index in [9.17, 15) is 9.59 Å². The van der Waals surface area contributed by atoms with Crippen molar-refractivity contribution in [2.45, 2.75) is 32.6 Å². The van der Waals surface area contributed by atoms with E-state index < -0.39 is 19.9 Å². The van der Waals surface area contributed by atoms with Crippen LogP contribution in [0.5, 0.6) is 5.75 Å². The molecule has 0 radical (unpaired) electrons. The van der Waals surface area contributed by atoms with Gasteiger partial charge in [0.05, 0.1) is 5.94 Å². The van der Waals surface area contributed by atoms with Crippen LogP contribution in [-0.2, 0) is 20.6 Å². The monoisotopic (exact) mass is 321 g/mol. The molecular formula is C15H20BNO6. The summed E-state index contributed by atoms with van der Waals surface area (Å²) in [5.74, 6) is -0.733. The number of aliphatic hydroxyl groups excluding tert-OH is 1. The van der Waals surface area contributed by atoms with E-state index in [1.807, 2.05) is 13.0 Å². The van der Waals surface area contributed by atoms with E-state index in [1.165, 1.54) is 0 Å². The smallest absolute Gasteiger partial charge is 0.534 e. The summed E-state index contributed by atoms with van der Waals surface area (Å²) in [6.45, 7) is 3.30. The molecule has 124 valence electrons. The summed E-state index contributed by atoms with van der Waals surface area (Å²) >= 11 is 0. The Morgan fingerprint density at radius 2 is 2.22 bits per heavy atom. The zero-order valence-electron chi connectivity index (χ0n) is 13.2. The van der Waals surface area contributed by atoms with Crippen LogP contribution in [0.4, 0.5) is 0 Å². The Kier molecular flexibility index (Phi) is 6.01. The van der Waals surface area contributed by atoms with Gasteiger partial charge in [-0.15, -0.1) is 0 Å². The maximum absolute atomic E-state index is 11.9. The second-order valence-corrected chi connectivity index (χ2v) is 5.03. The van der Waals surface area contributed by atoms with Gasteiger partial charge >= 0.3 is 13.1 Å². The van der Waals surface area contributed by atoms with Crippen LogP contribution >= 0.6 is 0 Å². The van der Waals surface area contributed by atoms with Crippen molar-refractivity contribution in [3.8, 4) is 5.75 Å². The van der Waals surface area contributed by atoms with Gasteiger partial charge in [0.15, 0.2) is 6.79 Å². The molecule has 0 saturated carbocycles. The standard InChI is InChI=1S/C15H20BNO6/c1-3-13(19)17-12-8-10-6-5-7-11(15(20)21-9-18)14(10)23-16(12)22-4-2/h5-7,12,18H,3-4,8-9H2,1-2H3,(H,17,19)/t12-/m0/s1. The molecule has 1 aromatic rings. The predicted molar refractivity (Wildman–Crippen MR) is 82.9 cm³/mol. The van der Waals surface area contributed by atoms with Crippen molar-refractivity contribution >= 4 is 19.0 Å². The van der Waals surface area contributed by atoms with E-state index in [-0.39, 0.29) is 17.4 Å². The van der Waals surface area contributed by atoms with Gasteiger partial charge in [-0.25, -0.2) is 4.79 Å². The molecule has 2 N–H and O–H groups in total. The number of hydrogen-bond acceptors (Lipinski definition) is 6. The Morgan fingerprint density at radius 3 is 2.87 bits per heavy atom. The van der Waals surface area contributed by atoms with Gasteiger partial charge in [-0.05, 0) is 25.0 Å². The third kappa shape index (κ3) is 4.03. The lowest BCUT2D eigenvalue weighted by Gasteiger charge is -2.31. The van der Waals surface area contributed by atoms with Gasteiger partial charge in [0.1, 0.15) is 11.3 Å². The lowest BCUT2D eigenvalue weighted by molar-refractivity contribution is -0.121. The van der Waals surface area contributed by atoms with Crippen LogP contribution in [-0.4, -0.2) is 43.4 Å². The molecule has 1 aliphatic heterocycles. The zero-order valence-corrected chi connectivity index (χ0v) is 13.2. The highest BCUT2D eigenvalue weighted by molar-refractivity contribution is 6.48. The van der Waals surface area contributed by atoms with Crippen LogP contribution < -0.4 is 9.97 Å². The highest BCUT2D eigenvalue weighted by atomic mass is 16.6. The number of esters is 1. The van der Waals surface area contributed by atoms with Gasteiger partial charge in [-0.1, -0.05) is 19.1 Å². The molecule has 1 aliphatic rings. The quantitative estimate of drug-likeness (QED) is 0.455. The van der Waals surface area contributed by atoms with Crippen molar-refractivity contribution in [2.24, 2.45) is 0 Å². The van der Waals surface area contributed by atoms with Gasteiger partial charge in [0.2, 0.25) is 5.91 Å². The molecular weight excluding hydrogens is 301 g/mol. The fourth-order valence-electron chi connectivity index (χ4n) is 2.46. The fourth-order valence-corrected chi connectivity index (χ4v) is 2.46. The number of fused-ring (bicyclic) bond motifs is 1. The third-order valence-corrected chi connectivity index (χ3v) is 3.51. The fraction of sp³-hybridized carbons (Fsp3) is 0.467. The van der Waals surface area contributed by atoms with E-state index in [2.05, 4.69) is 10.1 Å². The topological polar surface area (TPSA) is 94.1 Å². The first-order chi connectivity index (χ1) is 11.1. The summed E-state index contributed by atoms with van der Waals surface area (Å²) < 4.78 is 16.0. The number of carbonyl (C=O) groups excluding carboxylic acids is 2. The highest BCUT2D eigenvalue weighted by Gasteiger charge is 2.39. The van der Waals surface area contributed by atoms with Crippen molar-refractivity contribution in [3.05, 3.63) is 29.3 Å². The van der Waals surface area contributed by atoms with E-state index in [1.54, 1.807) is 19.1 Å². The second-order valence-electron chi connectivity index (χ2n) is 5.03. The van der Waals surface area contributed by atoms with Crippen molar-refractivity contribution in [1.82, 2.24) is 5.32 Å². The van der Waals surface area contributed by atoms with Gasteiger partial charge in [0, 0.05) is 13.0 Å². The zero-order chi connectivity index (χ0) is 16.8. The molecule has 0 spiro atoms. The Balaban J connectivity index is 2.29. The molecule has 0 aliphatic carbocycles. The van der Waals surface area contributed by atoms with E-state index in [0.29, 0.717) is 25.2 Å². The molecule has 2 rings (SSSR count). The van der Waals surface area contributed by atoms with Crippen molar-refractivity contribution < 1.29 is 28.7 Å². The van der Waals surface area contributed by atoms with Crippen LogP contribution in [0.2, 0.25) is 0 Å². The first-order valence-corrected chi connectivity index (χ1v) is 7.58. The highest BCUT2D eigenvalue weighted by Crippen LogP contribution is 2.31. The number of ether oxygens (including phenoxy) is 1. The minimum absolute atomic E-state index is 0.0948. The minimum Gasteiger partial charge on any atom is -0.534 e. The molecule has 0 saturated heterocycles. The molecule has 0 bridgehead atoms. The van der Waals surface area contributed by atoms with E-state index >= 15 is 0 Å². The number of aliphatic hydroxyl groups is 1. The Morgan fingerprint density at radius 1 is 1.43 bits per heavy atom. The Labute approximate surface area is 135 Å². The van der Waals surface area contributed by atoms with Crippen LogP contribution in [0.1, 0.15) is 36.2 Å². The molecule has 0 fully saturated rings. The summed E-state index contributed by atoms with van der Waals surface area (Å²) in [6.07, 6.45) is 0.844. The van der Waals surface area contributed by atoms with Gasteiger partial charge < -0.3 is 24.5 Å². The van der Waals surface area contributed by atoms with Crippen LogP contribution in [0.3, 0.4) is 0 Å². The summed E-state index contributed by atoms with van der Waals surface area (Å²) in [5, 5.41) is 11.6. The number of nitrogens with one attached hydrogen (secondary N) is 1. The first kappa shape index (κ1) is 17.3. The number of rotatable bonds is 6. The lowest BCUT2D eigenvalue weighted by Crippen LogP contribution is -2.54. The number of carbonyl (C=O) groups is 2. The minimum atomic E-state index is -0.702.